The topological polar surface area (TPSA) is 74.2 Å². The average molecular weight is 409 g/mol. The molecule has 3 aromatic heterocycles. The van der Waals surface area contributed by atoms with E-state index in [9.17, 15) is 4.79 Å². The van der Waals surface area contributed by atoms with Gasteiger partial charge in [-0.05, 0) is 29.3 Å². The Bertz CT molecular complexity index is 865. The highest BCUT2D eigenvalue weighted by atomic mass is 79.9. The molecule has 3 rings (SSSR count). The van der Waals surface area contributed by atoms with Crippen LogP contribution in [0.5, 0.6) is 0 Å². The molecule has 0 saturated heterocycles. The van der Waals surface area contributed by atoms with E-state index in [0.717, 1.165) is 24.3 Å². The summed E-state index contributed by atoms with van der Waals surface area (Å²) in [6.07, 6.45) is 4.56. The number of nitrogens with zero attached hydrogens (tertiary/aromatic N) is 3. The molecule has 1 amide bonds. The quantitative estimate of drug-likeness (QED) is 0.581. The minimum atomic E-state index is -0.110. The van der Waals surface area contributed by atoms with Crippen molar-refractivity contribution in [2.75, 3.05) is 20.3 Å². The van der Waals surface area contributed by atoms with E-state index in [1.54, 1.807) is 19.4 Å². The lowest BCUT2D eigenvalue weighted by atomic mass is 10.3. The lowest BCUT2D eigenvalue weighted by Gasteiger charge is -2.10. The summed E-state index contributed by atoms with van der Waals surface area (Å²) in [5.41, 5.74) is 2.14. The largest absolute Gasteiger partial charge is 0.448 e. The second-order valence-electron chi connectivity index (χ2n) is 5.75. The van der Waals surface area contributed by atoms with Gasteiger partial charge in [-0.1, -0.05) is 0 Å². The standard InChI is InChI=1S/C17H21BrN4O3/c1-12-19-5-7-21(12)6-3-4-20-17(23)14-10-15-13(11-16(18)25-15)22(14)8-9-24-2/h5,7,10-11H,3-4,6,8-9H2,1-2H3,(H,20,23). The van der Waals surface area contributed by atoms with Crippen LogP contribution < -0.4 is 5.32 Å². The van der Waals surface area contributed by atoms with E-state index in [2.05, 4.69) is 30.8 Å². The van der Waals surface area contributed by atoms with Crippen molar-refractivity contribution >= 4 is 32.9 Å². The molecule has 0 atom stereocenters. The Labute approximate surface area is 154 Å². The normalized spacial score (nSPS) is 11.3. The third kappa shape index (κ3) is 3.96. The Morgan fingerprint density at radius 1 is 1.40 bits per heavy atom. The van der Waals surface area contributed by atoms with Crippen LogP contribution in [0.4, 0.5) is 0 Å². The smallest absolute Gasteiger partial charge is 0.268 e. The second-order valence-corrected chi connectivity index (χ2v) is 6.53. The summed E-state index contributed by atoms with van der Waals surface area (Å²) in [7, 11) is 1.64. The first-order valence-corrected chi connectivity index (χ1v) is 8.93. The van der Waals surface area contributed by atoms with Gasteiger partial charge in [0.05, 0.1) is 12.1 Å². The molecule has 0 saturated carbocycles. The first kappa shape index (κ1) is 17.8. The number of nitrogens with one attached hydrogen (secondary N) is 1. The summed E-state index contributed by atoms with van der Waals surface area (Å²) >= 11 is 3.32. The Morgan fingerprint density at radius 2 is 2.24 bits per heavy atom. The summed E-state index contributed by atoms with van der Waals surface area (Å²) in [5, 5.41) is 2.98. The first-order chi connectivity index (χ1) is 12.1. The molecule has 3 heterocycles. The molecular formula is C17H21BrN4O3. The van der Waals surface area contributed by atoms with Gasteiger partial charge in [-0.25, -0.2) is 4.98 Å². The van der Waals surface area contributed by atoms with E-state index in [4.69, 9.17) is 9.15 Å². The van der Waals surface area contributed by atoms with Gasteiger partial charge in [0.15, 0.2) is 10.3 Å². The van der Waals surface area contributed by atoms with Gasteiger partial charge in [-0.2, -0.15) is 0 Å². The van der Waals surface area contributed by atoms with Crippen LogP contribution in [-0.2, 0) is 17.8 Å². The molecule has 0 fully saturated rings. The van der Waals surface area contributed by atoms with Crippen LogP contribution in [0, 0.1) is 6.92 Å². The number of aryl methyl sites for hydroxylation is 2. The molecule has 0 unspecified atom stereocenters. The van der Waals surface area contributed by atoms with Gasteiger partial charge in [-0.3, -0.25) is 4.79 Å². The van der Waals surface area contributed by atoms with Crippen LogP contribution in [0.2, 0.25) is 0 Å². The molecule has 8 heteroatoms. The Kier molecular flexibility index (Phi) is 5.60. The van der Waals surface area contributed by atoms with Gasteiger partial charge in [0.25, 0.3) is 5.91 Å². The van der Waals surface area contributed by atoms with E-state index in [-0.39, 0.29) is 5.91 Å². The van der Waals surface area contributed by atoms with Crippen molar-refractivity contribution in [1.29, 1.82) is 0 Å². The lowest BCUT2D eigenvalue weighted by Crippen LogP contribution is -2.28. The number of imidazole rings is 1. The zero-order valence-electron chi connectivity index (χ0n) is 14.3. The maximum Gasteiger partial charge on any atom is 0.268 e. The van der Waals surface area contributed by atoms with Crippen LogP contribution in [0.15, 0.2) is 33.6 Å². The highest BCUT2D eigenvalue weighted by Crippen LogP contribution is 2.27. The highest BCUT2D eigenvalue weighted by Gasteiger charge is 2.18. The molecule has 0 aromatic carbocycles. The van der Waals surface area contributed by atoms with Crippen molar-refractivity contribution < 1.29 is 13.9 Å². The number of carbonyl (C=O) groups excluding carboxylic acids is 1. The number of fused-ring (bicyclic) bond motifs is 1. The van der Waals surface area contributed by atoms with Crippen molar-refractivity contribution in [1.82, 2.24) is 19.4 Å². The highest BCUT2D eigenvalue weighted by molar-refractivity contribution is 9.10. The number of aromatic nitrogens is 3. The lowest BCUT2D eigenvalue weighted by molar-refractivity contribution is 0.0941. The van der Waals surface area contributed by atoms with E-state index in [1.807, 2.05) is 23.8 Å². The molecular weight excluding hydrogens is 388 g/mol. The Balaban J connectivity index is 1.64. The van der Waals surface area contributed by atoms with Crippen LogP contribution >= 0.6 is 15.9 Å². The van der Waals surface area contributed by atoms with Crippen molar-refractivity contribution in [3.05, 3.63) is 40.7 Å². The molecule has 25 heavy (non-hydrogen) atoms. The summed E-state index contributed by atoms with van der Waals surface area (Å²) in [4.78, 5) is 16.8. The zero-order valence-corrected chi connectivity index (χ0v) is 15.9. The van der Waals surface area contributed by atoms with Crippen LogP contribution in [-0.4, -0.2) is 40.3 Å². The van der Waals surface area contributed by atoms with Gasteiger partial charge in [0.2, 0.25) is 0 Å². The van der Waals surface area contributed by atoms with E-state index in [1.165, 1.54) is 0 Å². The number of furan rings is 1. The number of carbonyl (C=O) groups is 1. The van der Waals surface area contributed by atoms with Gasteiger partial charge in [0.1, 0.15) is 11.5 Å². The maximum absolute atomic E-state index is 12.6. The Morgan fingerprint density at radius 3 is 2.96 bits per heavy atom. The fourth-order valence-corrected chi connectivity index (χ4v) is 3.20. The SMILES string of the molecule is COCCn1c(C(=O)NCCCn2ccnc2C)cc2oc(Br)cc21. The molecule has 0 aliphatic carbocycles. The third-order valence-corrected chi connectivity index (χ3v) is 4.49. The average Bonchev–Trinajstić information content (AvgIpc) is 3.24. The predicted octanol–water partition coefficient (Wildman–Crippen LogP) is 2.97. The first-order valence-electron chi connectivity index (χ1n) is 8.13. The van der Waals surface area contributed by atoms with Crippen LogP contribution in [0.1, 0.15) is 22.7 Å². The van der Waals surface area contributed by atoms with Crippen LogP contribution in [0.3, 0.4) is 0 Å². The van der Waals surface area contributed by atoms with Gasteiger partial charge in [-0.15, -0.1) is 0 Å². The molecule has 0 radical (unpaired) electrons. The fourth-order valence-electron chi connectivity index (χ4n) is 2.81. The zero-order chi connectivity index (χ0) is 17.8. The second kappa shape index (κ2) is 7.88. The van der Waals surface area contributed by atoms with Crippen molar-refractivity contribution in [3.8, 4) is 0 Å². The molecule has 0 aliphatic rings. The predicted molar refractivity (Wildman–Crippen MR) is 97.7 cm³/mol. The van der Waals surface area contributed by atoms with Crippen molar-refractivity contribution in [2.24, 2.45) is 0 Å². The number of hydrogen-bond acceptors (Lipinski definition) is 4. The molecule has 134 valence electrons. The van der Waals surface area contributed by atoms with E-state index < -0.39 is 0 Å². The number of amides is 1. The number of hydrogen-bond donors (Lipinski definition) is 1. The summed E-state index contributed by atoms with van der Waals surface area (Å²) in [6.45, 7) is 4.49. The number of halogens is 1. The number of ether oxygens (including phenoxy) is 1. The van der Waals surface area contributed by atoms with Gasteiger partial charge < -0.3 is 23.6 Å². The fraction of sp³-hybridized carbons (Fsp3) is 0.412. The summed E-state index contributed by atoms with van der Waals surface area (Å²) in [5.74, 6) is 0.867. The maximum atomic E-state index is 12.6. The van der Waals surface area contributed by atoms with Crippen molar-refractivity contribution in [2.45, 2.75) is 26.4 Å². The van der Waals surface area contributed by atoms with Gasteiger partial charge >= 0.3 is 0 Å². The minimum absolute atomic E-state index is 0.110. The number of methoxy groups -OCH3 is 1. The number of rotatable bonds is 8. The molecule has 7 nitrogen and oxygen atoms in total. The molecule has 1 N–H and O–H groups in total. The third-order valence-electron chi connectivity index (χ3n) is 4.10. The molecule has 0 aliphatic heterocycles. The monoisotopic (exact) mass is 408 g/mol. The molecule has 0 spiro atoms. The minimum Gasteiger partial charge on any atom is -0.448 e. The molecule has 3 aromatic rings. The molecule has 0 bridgehead atoms. The summed E-state index contributed by atoms with van der Waals surface area (Å²) in [6, 6.07) is 3.63. The van der Waals surface area contributed by atoms with E-state index >= 15 is 0 Å². The van der Waals surface area contributed by atoms with Gasteiger partial charge in [0, 0.05) is 51.3 Å². The van der Waals surface area contributed by atoms with E-state index in [0.29, 0.717) is 35.6 Å². The van der Waals surface area contributed by atoms with Crippen LogP contribution in [0.25, 0.3) is 11.1 Å². The summed E-state index contributed by atoms with van der Waals surface area (Å²) < 4.78 is 15.4. The Hall–Kier alpha value is -2.06. The van der Waals surface area contributed by atoms with Crippen molar-refractivity contribution in [3.63, 3.8) is 0 Å².